The van der Waals surface area contributed by atoms with E-state index >= 15 is 0 Å². The Kier molecular flexibility index (Phi) is 3.77. The van der Waals surface area contributed by atoms with Gasteiger partial charge in [-0.25, -0.2) is 0 Å². The van der Waals surface area contributed by atoms with Gasteiger partial charge in [-0.15, -0.1) is 0 Å². The summed E-state index contributed by atoms with van der Waals surface area (Å²) in [6, 6.07) is 7.98. The van der Waals surface area contributed by atoms with Gasteiger partial charge in [-0.1, -0.05) is 12.1 Å². The van der Waals surface area contributed by atoms with Crippen LogP contribution in [0.25, 0.3) is 0 Å². The molecule has 0 bridgehead atoms. The molecule has 110 valence electrons. The Labute approximate surface area is 124 Å². The van der Waals surface area contributed by atoms with Crippen molar-refractivity contribution in [1.82, 2.24) is 9.97 Å². The van der Waals surface area contributed by atoms with E-state index in [1.54, 1.807) is 19.5 Å². The third kappa shape index (κ3) is 2.84. The van der Waals surface area contributed by atoms with Crippen LogP contribution in [0.2, 0.25) is 0 Å². The fourth-order valence-corrected chi connectivity index (χ4v) is 2.54. The van der Waals surface area contributed by atoms with E-state index in [9.17, 15) is 0 Å². The predicted molar refractivity (Wildman–Crippen MR) is 83.9 cm³/mol. The Morgan fingerprint density at radius 3 is 2.48 bits per heavy atom. The van der Waals surface area contributed by atoms with E-state index in [1.807, 2.05) is 18.2 Å². The number of para-hydroxylation sites is 2. The Balaban J connectivity index is 1.69. The number of hydrogen-bond donors (Lipinski definition) is 1. The molecule has 1 saturated heterocycles. The van der Waals surface area contributed by atoms with Gasteiger partial charge >= 0.3 is 0 Å². The zero-order valence-electron chi connectivity index (χ0n) is 12.1. The second-order valence-corrected chi connectivity index (χ2v) is 4.95. The number of hydrogen-bond acceptors (Lipinski definition) is 6. The lowest BCUT2D eigenvalue weighted by atomic mass is 10.2. The first kappa shape index (κ1) is 13.5. The molecule has 2 heterocycles. The van der Waals surface area contributed by atoms with Crippen LogP contribution in [0.1, 0.15) is 0 Å². The zero-order chi connectivity index (χ0) is 14.7. The first-order valence-electron chi connectivity index (χ1n) is 6.98. The first-order valence-corrected chi connectivity index (χ1v) is 6.98. The first-order chi connectivity index (χ1) is 10.3. The van der Waals surface area contributed by atoms with Gasteiger partial charge in [-0.05, 0) is 12.1 Å². The van der Waals surface area contributed by atoms with E-state index in [0.29, 0.717) is 5.88 Å². The molecule has 3 rings (SSSR count). The molecule has 0 unspecified atom stereocenters. The standard InChI is InChI=1S/C15H19N5O/c1-21-15-11-17-10-14(18-15)20-8-6-19(7-9-20)13-5-3-2-4-12(13)16/h2-5,10-11H,6-9,16H2,1H3. The molecule has 1 aromatic carbocycles. The number of nitrogens with zero attached hydrogens (tertiary/aromatic N) is 4. The van der Waals surface area contributed by atoms with Crippen molar-refractivity contribution < 1.29 is 4.74 Å². The minimum absolute atomic E-state index is 0.544. The van der Waals surface area contributed by atoms with Gasteiger partial charge in [0.2, 0.25) is 5.88 Å². The second kappa shape index (κ2) is 5.87. The lowest BCUT2D eigenvalue weighted by Gasteiger charge is -2.37. The van der Waals surface area contributed by atoms with Crippen molar-refractivity contribution in [1.29, 1.82) is 0 Å². The lowest BCUT2D eigenvalue weighted by Crippen LogP contribution is -2.47. The molecule has 0 atom stereocenters. The summed E-state index contributed by atoms with van der Waals surface area (Å²) < 4.78 is 5.12. The van der Waals surface area contributed by atoms with Crippen LogP contribution in [-0.2, 0) is 0 Å². The molecule has 2 aromatic rings. The average Bonchev–Trinajstić information content (AvgIpc) is 2.56. The van der Waals surface area contributed by atoms with E-state index in [4.69, 9.17) is 10.5 Å². The third-order valence-electron chi connectivity index (χ3n) is 3.69. The highest BCUT2D eigenvalue weighted by molar-refractivity contribution is 5.67. The highest BCUT2D eigenvalue weighted by Gasteiger charge is 2.19. The highest BCUT2D eigenvalue weighted by atomic mass is 16.5. The molecule has 1 aliphatic heterocycles. The smallest absolute Gasteiger partial charge is 0.233 e. The van der Waals surface area contributed by atoms with Crippen LogP contribution in [0.3, 0.4) is 0 Å². The Morgan fingerprint density at radius 2 is 1.76 bits per heavy atom. The summed E-state index contributed by atoms with van der Waals surface area (Å²) in [5, 5.41) is 0. The number of piperazine rings is 1. The van der Waals surface area contributed by atoms with Gasteiger partial charge in [0.1, 0.15) is 0 Å². The van der Waals surface area contributed by atoms with Crippen LogP contribution in [0.15, 0.2) is 36.7 Å². The monoisotopic (exact) mass is 285 g/mol. The maximum absolute atomic E-state index is 6.04. The highest BCUT2D eigenvalue weighted by Crippen LogP contribution is 2.24. The van der Waals surface area contributed by atoms with Gasteiger partial charge in [0.25, 0.3) is 0 Å². The number of rotatable bonds is 3. The summed E-state index contributed by atoms with van der Waals surface area (Å²) in [6.07, 6.45) is 3.39. The number of nitrogen functional groups attached to an aromatic ring is 1. The fraction of sp³-hybridized carbons (Fsp3) is 0.333. The predicted octanol–water partition coefficient (Wildman–Crippen LogP) is 1.39. The Hall–Kier alpha value is -2.50. The van der Waals surface area contributed by atoms with Gasteiger partial charge in [0, 0.05) is 26.2 Å². The molecule has 0 saturated carbocycles. The summed E-state index contributed by atoms with van der Waals surface area (Å²) >= 11 is 0. The molecular weight excluding hydrogens is 266 g/mol. The van der Waals surface area contributed by atoms with Crippen molar-refractivity contribution in [2.75, 3.05) is 48.8 Å². The van der Waals surface area contributed by atoms with Crippen molar-refractivity contribution in [3.05, 3.63) is 36.7 Å². The largest absolute Gasteiger partial charge is 0.480 e. The maximum atomic E-state index is 6.04. The van der Waals surface area contributed by atoms with Crippen molar-refractivity contribution in [2.24, 2.45) is 0 Å². The van der Waals surface area contributed by atoms with Gasteiger partial charge < -0.3 is 20.3 Å². The van der Waals surface area contributed by atoms with Crippen molar-refractivity contribution in [3.8, 4) is 5.88 Å². The van der Waals surface area contributed by atoms with Gasteiger partial charge in [0.15, 0.2) is 5.82 Å². The minimum Gasteiger partial charge on any atom is -0.480 e. The molecule has 0 radical (unpaired) electrons. The Morgan fingerprint density at radius 1 is 1.05 bits per heavy atom. The molecule has 0 amide bonds. The number of anilines is 3. The van der Waals surface area contributed by atoms with Gasteiger partial charge in [-0.2, -0.15) is 4.98 Å². The molecule has 6 nitrogen and oxygen atoms in total. The molecule has 2 N–H and O–H groups in total. The summed E-state index contributed by atoms with van der Waals surface area (Å²) in [4.78, 5) is 13.1. The third-order valence-corrected chi connectivity index (χ3v) is 3.69. The number of methoxy groups -OCH3 is 1. The molecule has 6 heteroatoms. The fourth-order valence-electron chi connectivity index (χ4n) is 2.54. The van der Waals surface area contributed by atoms with Crippen molar-refractivity contribution >= 4 is 17.2 Å². The van der Waals surface area contributed by atoms with Gasteiger partial charge in [-0.3, -0.25) is 4.98 Å². The minimum atomic E-state index is 0.544. The topological polar surface area (TPSA) is 67.5 Å². The summed E-state index contributed by atoms with van der Waals surface area (Å²) in [5.41, 5.74) is 7.97. The van der Waals surface area contributed by atoms with E-state index < -0.39 is 0 Å². The number of benzene rings is 1. The van der Waals surface area contributed by atoms with Crippen LogP contribution < -0.4 is 20.3 Å². The normalized spacial score (nSPS) is 15.1. The number of nitrogens with two attached hydrogens (primary N) is 1. The molecule has 1 aliphatic rings. The van der Waals surface area contributed by atoms with Crippen LogP contribution in [0, 0.1) is 0 Å². The maximum Gasteiger partial charge on any atom is 0.233 e. The van der Waals surface area contributed by atoms with Crippen molar-refractivity contribution in [2.45, 2.75) is 0 Å². The molecule has 1 fully saturated rings. The SMILES string of the molecule is COc1cncc(N2CCN(c3ccccc3N)CC2)n1. The lowest BCUT2D eigenvalue weighted by molar-refractivity contribution is 0.395. The van der Waals surface area contributed by atoms with Crippen LogP contribution in [0.5, 0.6) is 5.88 Å². The van der Waals surface area contributed by atoms with E-state index in [2.05, 4.69) is 25.8 Å². The van der Waals surface area contributed by atoms with Gasteiger partial charge in [0.05, 0.1) is 30.9 Å². The van der Waals surface area contributed by atoms with E-state index in [-0.39, 0.29) is 0 Å². The van der Waals surface area contributed by atoms with E-state index in [0.717, 1.165) is 43.4 Å². The zero-order valence-corrected chi connectivity index (χ0v) is 12.1. The second-order valence-electron chi connectivity index (χ2n) is 4.95. The van der Waals surface area contributed by atoms with Crippen molar-refractivity contribution in [3.63, 3.8) is 0 Å². The van der Waals surface area contributed by atoms with E-state index in [1.165, 1.54) is 0 Å². The summed E-state index contributed by atoms with van der Waals surface area (Å²) in [7, 11) is 1.60. The number of ether oxygens (including phenoxy) is 1. The average molecular weight is 285 g/mol. The molecule has 21 heavy (non-hydrogen) atoms. The molecule has 0 aliphatic carbocycles. The summed E-state index contributed by atoms with van der Waals surface area (Å²) in [6.45, 7) is 3.59. The summed E-state index contributed by atoms with van der Waals surface area (Å²) in [5.74, 6) is 1.40. The molecule has 0 spiro atoms. The Bertz CT molecular complexity index is 611. The number of aromatic nitrogens is 2. The van der Waals surface area contributed by atoms with Crippen LogP contribution in [0.4, 0.5) is 17.2 Å². The molecule has 1 aromatic heterocycles. The quantitative estimate of drug-likeness (QED) is 0.860. The van der Waals surface area contributed by atoms with Crippen LogP contribution >= 0.6 is 0 Å². The molecular formula is C15H19N5O. The van der Waals surface area contributed by atoms with Crippen LogP contribution in [-0.4, -0.2) is 43.3 Å².